The molecule has 0 spiro atoms. The Balaban J connectivity index is 4.68. The molecule has 0 aliphatic carbocycles. The number of sulfone groups is 1. The highest BCUT2D eigenvalue weighted by Crippen LogP contribution is 2.27. The molecule has 0 saturated heterocycles. The molecule has 0 aromatic carbocycles. The summed E-state index contributed by atoms with van der Waals surface area (Å²) in [6.45, 7) is -1.54. The molecule has 0 rings (SSSR count). The standard InChI is InChI=1S/C5H9F3O5S2/c1-14(9,10)5(7,8)4(6)3-13-15(2,11)12/h4H,3H2,1-2H3. The number of halogens is 3. The van der Waals surface area contributed by atoms with E-state index >= 15 is 0 Å². The van der Waals surface area contributed by atoms with Crippen LogP contribution in [0.4, 0.5) is 13.2 Å². The van der Waals surface area contributed by atoms with Gasteiger partial charge in [0, 0.05) is 6.26 Å². The van der Waals surface area contributed by atoms with Crippen LogP contribution in [0.25, 0.3) is 0 Å². The second-order valence-corrected chi connectivity index (χ2v) is 6.52. The molecule has 0 heterocycles. The molecule has 15 heavy (non-hydrogen) atoms. The quantitative estimate of drug-likeness (QED) is 0.654. The highest BCUT2D eigenvalue weighted by atomic mass is 32.2. The van der Waals surface area contributed by atoms with E-state index in [4.69, 9.17) is 0 Å². The topological polar surface area (TPSA) is 77.5 Å². The van der Waals surface area contributed by atoms with Crippen molar-refractivity contribution in [2.45, 2.75) is 11.4 Å². The van der Waals surface area contributed by atoms with Gasteiger partial charge in [0.2, 0.25) is 16.0 Å². The van der Waals surface area contributed by atoms with Crippen molar-refractivity contribution in [3.05, 3.63) is 0 Å². The smallest absolute Gasteiger partial charge is 0.267 e. The third kappa shape index (κ3) is 4.34. The van der Waals surface area contributed by atoms with E-state index in [0.29, 0.717) is 6.26 Å². The van der Waals surface area contributed by atoms with Crippen LogP contribution in [-0.4, -0.2) is 47.4 Å². The second kappa shape index (κ2) is 4.26. The summed E-state index contributed by atoms with van der Waals surface area (Å²) in [6.07, 6.45) is -2.57. The van der Waals surface area contributed by atoms with Gasteiger partial charge < -0.3 is 0 Å². The van der Waals surface area contributed by atoms with Gasteiger partial charge in [-0.3, -0.25) is 4.18 Å². The van der Waals surface area contributed by atoms with Gasteiger partial charge in [-0.25, -0.2) is 12.8 Å². The minimum Gasteiger partial charge on any atom is -0.267 e. The van der Waals surface area contributed by atoms with Crippen molar-refractivity contribution in [1.82, 2.24) is 0 Å². The molecule has 0 amide bonds. The number of hydrogen-bond donors (Lipinski definition) is 0. The van der Waals surface area contributed by atoms with Crippen LogP contribution < -0.4 is 0 Å². The van der Waals surface area contributed by atoms with Gasteiger partial charge in [-0.2, -0.15) is 17.2 Å². The van der Waals surface area contributed by atoms with E-state index in [2.05, 4.69) is 4.18 Å². The summed E-state index contributed by atoms with van der Waals surface area (Å²) in [5.41, 5.74) is 0. The van der Waals surface area contributed by atoms with Gasteiger partial charge in [-0.1, -0.05) is 0 Å². The van der Waals surface area contributed by atoms with Gasteiger partial charge in [-0.15, -0.1) is 0 Å². The molecule has 0 aromatic heterocycles. The van der Waals surface area contributed by atoms with Crippen LogP contribution in [0.3, 0.4) is 0 Å². The Morgan fingerprint density at radius 1 is 1.20 bits per heavy atom. The van der Waals surface area contributed by atoms with E-state index in [1.165, 1.54) is 0 Å². The molecule has 0 aliphatic rings. The Bertz CT molecular complexity index is 412. The van der Waals surface area contributed by atoms with Crippen LogP contribution >= 0.6 is 0 Å². The highest BCUT2D eigenvalue weighted by molar-refractivity contribution is 7.91. The number of hydrogen-bond acceptors (Lipinski definition) is 5. The fourth-order valence-electron chi connectivity index (χ4n) is 0.513. The Labute approximate surface area is 85.3 Å². The predicted octanol–water partition coefficient (Wildman–Crippen LogP) is -0.0619. The summed E-state index contributed by atoms with van der Waals surface area (Å²) in [5, 5.41) is -4.67. The summed E-state index contributed by atoms with van der Waals surface area (Å²) < 4.78 is 83.2. The van der Waals surface area contributed by atoms with Crippen LogP contribution in [-0.2, 0) is 24.1 Å². The lowest BCUT2D eigenvalue weighted by atomic mass is 10.4. The summed E-state index contributed by atoms with van der Waals surface area (Å²) in [5.74, 6) is 0. The summed E-state index contributed by atoms with van der Waals surface area (Å²) in [7, 11) is -9.05. The van der Waals surface area contributed by atoms with Gasteiger partial charge in [0.25, 0.3) is 10.1 Å². The fourth-order valence-corrected chi connectivity index (χ4v) is 1.41. The number of alkyl halides is 3. The zero-order valence-corrected chi connectivity index (χ0v) is 9.41. The van der Waals surface area contributed by atoms with Crippen molar-refractivity contribution in [2.75, 3.05) is 19.1 Å². The van der Waals surface area contributed by atoms with Crippen molar-refractivity contribution in [3.8, 4) is 0 Å². The number of rotatable bonds is 5. The predicted molar refractivity (Wildman–Crippen MR) is 45.5 cm³/mol. The maximum absolute atomic E-state index is 12.7. The lowest BCUT2D eigenvalue weighted by Gasteiger charge is -2.17. The Morgan fingerprint density at radius 2 is 1.60 bits per heavy atom. The van der Waals surface area contributed by atoms with Crippen molar-refractivity contribution in [1.29, 1.82) is 0 Å². The third-order valence-electron chi connectivity index (χ3n) is 1.29. The molecule has 0 fully saturated rings. The van der Waals surface area contributed by atoms with Gasteiger partial charge in [0.15, 0.2) is 0 Å². The molecule has 0 saturated carbocycles. The molecule has 92 valence electrons. The normalized spacial score (nSPS) is 16.3. The van der Waals surface area contributed by atoms with Gasteiger partial charge in [-0.05, 0) is 0 Å². The third-order valence-corrected chi connectivity index (χ3v) is 3.10. The lowest BCUT2D eigenvalue weighted by Crippen LogP contribution is -2.41. The molecule has 10 heteroatoms. The zero-order chi connectivity index (χ0) is 12.5. The van der Waals surface area contributed by atoms with Crippen molar-refractivity contribution < 1.29 is 34.2 Å². The van der Waals surface area contributed by atoms with Crippen LogP contribution in [0.5, 0.6) is 0 Å². The van der Waals surface area contributed by atoms with Crippen molar-refractivity contribution in [2.24, 2.45) is 0 Å². The minimum absolute atomic E-state index is 0.139. The van der Waals surface area contributed by atoms with E-state index in [1.54, 1.807) is 0 Å². The Kier molecular flexibility index (Phi) is 4.16. The Morgan fingerprint density at radius 3 is 1.87 bits per heavy atom. The average molecular weight is 270 g/mol. The molecule has 0 aromatic rings. The van der Waals surface area contributed by atoms with Crippen LogP contribution in [0.15, 0.2) is 0 Å². The van der Waals surface area contributed by atoms with Gasteiger partial charge >= 0.3 is 5.25 Å². The summed E-state index contributed by atoms with van der Waals surface area (Å²) in [6, 6.07) is 0. The minimum atomic E-state index is -4.95. The Hall–Kier alpha value is -0.350. The maximum atomic E-state index is 12.7. The second-order valence-electron chi connectivity index (χ2n) is 2.79. The summed E-state index contributed by atoms with van der Waals surface area (Å²) >= 11 is 0. The molecule has 5 nitrogen and oxygen atoms in total. The average Bonchev–Trinajstić information content (AvgIpc) is 1.96. The van der Waals surface area contributed by atoms with E-state index in [0.717, 1.165) is 0 Å². The van der Waals surface area contributed by atoms with E-state index in [9.17, 15) is 30.0 Å². The van der Waals surface area contributed by atoms with E-state index < -0.39 is 38.0 Å². The monoisotopic (exact) mass is 270 g/mol. The first-order valence-electron chi connectivity index (χ1n) is 3.44. The lowest BCUT2D eigenvalue weighted by molar-refractivity contribution is -0.0140. The summed E-state index contributed by atoms with van der Waals surface area (Å²) in [4.78, 5) is 0. The first-order valence-corrected chi connectivity index (χ1v) is 7.14. The molecule has 1 unspecified atom stereocenters. The van der Waals surface area contributed by atoms with Crippen molar-refractivity contribution >= 4 is 20.0 Å². The molecule has 1 atom stereocenters. The fraction of sp³-hybridized carbons (Fsp3) is 1.00. The van der Waals surface area contributed by atoms with E-state index in [1.807, 2.05) is 0 Å². The maximum Gasteiger partial charge on any atom is 0.377 e. The van der Waals surface area contributed by atoms with E-state index in [-0.39, 0.29) is 6.26 Å². The molecule has 0 bridgehead atoms. The largest absolute Gasteiger partial charge is 0.377 e. The molecule has 0 N–H and O–H groups in total. The molecule has 0 aliphatic heterocycles. The van der Waals surface area contributed by atoms with Crippen LogP contribution in [0.2, 0.25) is 0 Å². The highest BCUT2D eigenvalue weighted by Gasteiger charge is 2.50. The van der Waals surface area contributed by atoms with Crippen molar-refractivity contribution in [3.63, 3.8) is 0 Å². The first-order chi connectivity index (χ1) is 6.38. The van der Waals surface area contributed by atoms with Gasteiger partial charge in [0.05, 0.1) is 6.26 Å². The molecule has 0 radical (unpaired) electrons. The van der Waals surface area contributed by atoms with Crippen LogP contribution in [0, 0.1) is 0 Å². The van der Waals surface area contributed by atoms with Gasteiger partial charge in [0.1, 0.15) is 6.61 Å². The molecular formula is C5H9F3O5S2. The zero-order valence-electron chi connectivity index (χ0n) is 7.78. The molecular weight excluding hydrogens is 261 g/mol. The van der Waals surface area contributed by atoms with Crippen LogP contribution in [0.1, 0.15) is 0 Å². The SMILES string of the molecule is CS(=O)(=O)OCC(F)C(F)(F)S(C)(=O)=O. The first kappa shape index (κ1) is 14.6.